The van der Waals surface area contributed by atoms with Crippen LogP contribution in [0, 0.1) is 67.2 Å². The van der Waals surface area contributed by atoms with Gasteiger partial charge >= 0.3 is 0 Å². The van der Waals surface area contributed by atoms with E-state index in [1.54, 1.807) is 9.58 Å². The predicted molar refractivity (Wildman–Crippen MR) is 523 cm³/mol. The van der Waals surface area contributed by atoms with Crippen LogP contribution in [0.3, 0.4) is 0 Å². The summed E-state index contributed by atoms with van der Waals surface area (Å²) in [5, 5.41) is 77.1. The fourth-order valence-corrected chi connectivity index (χ4v) is 18.1. The molecular weight excluding hydrogens is 1790 g/mol. The van der Waals surface area contributed by atoms with Crippen molar-refractivity contribution in [3.05, 3.63) is 197 Å². The summed E-state index contributed by atoms with van der Waals surface area (Å²) in [4.78, 5) is 93.7. The van der Waals surface area contributed by atoms with Crippen LogP contribution in [0.25, 0.3) is 11.1 Å². The molecule has 139 heavy (non-hydrogen) atoms. The van der Waals surface area contributed by atoms with Crippen LogP contribution in [-0.4, -0.2) is 289 Å². The van der Waals surface area contributed by atoms with E-state index in [9.17, 15) is 49.8 Å². The molecule has 18 N–H and O–H groups in total. The molecule has 8 aliphatic rings. The number of halogens is 4. The Morgan fingerprint density at radius 1 is 0.446 bits per heavy atom. The molecule has 8 atom stereocenters. The number of nitrogens with two attached hydrogens (primary N) is 4. The lowest BCUT2D eigenvalue weighted by atomic mass is 9.78. The van der Waals surface area contributed by atoms with Gasteiger partial charge in [-0.1, -0.05) is 121 Å². The zero-order chi connectivity index (χ0) is 99.6. The third-order valence-electron chi connectivity index (χ3n) is 27.1. The minimum Gasteiger partial charge on any atom is -0.396 e. The summed E-state index contributed by atoms with van der Waals surface area (Å²) < 4.78 is 79.5. The topological polar surface area (TPSA) is 489 Å². The summed E-state index contributed by atoms with van der Waals surface area (Å²) in [5.74, 6) is -3.65. The van der Waals surface area contributed by atoms with Crippen molar-refractivity contribution in [2.75, 3.05) is 152 Å². The Morgan fingerprint density at radius 2 is 0.784 bits per heavy atom. The van der Waals surface area contributed by atoms with Gasteiger partial charge < -0.3 is 94.4 Å². The average Bonchev–Trinajstić information content (AvgIpc) is 1.62. The Morgan fingerprint density at radius 3 is 1.10 bits per heavy atom. The van der Waals surface area contributed by atoms with Crippen LogP contribution >= 0.6 is 0 Å². The van der Waals surface area contributed by atoms with Gasteiger partial charge in [-0.25, -0.2) is 39.9 Å². The van der Waals surface area contributed by atoms with Gasteiger partial charge in [0.2, 0.25) is 46.9 Å². The number of rotatable bonds is 40. The molecule has 4 aromatic carbocycles. The van der Waals surface area contributed by atoms with E-state index in [0.29, 0.717) is 111 Å². The summed E-state index contributed by atoms with van der Waals surface area (Å²) >= 11 is 0. The smallest absolute Gasteiger partial charge is 0.237 e. The van der Waals surface area contributed by atoms with Gasteiger partial charge in [0.15, 0.2) is 46.5 Å². The number of carbonyl (C=O) groups excluding carboxylic acids is 4. The first kappa shape index (κ1) is 101. The fourth-order valence-electron chi connectivity index (χ4n) is 18.1. The summed E-state index contributed by atoms with van der Waals surface area (Å²) in [6.07, 6.45) is 17.8. The third kappa shape index (κ3) is 28.7. The Balaban J connectivity index is 0.000000158. The van der Waals surface area contributed by atoms with E-state index in [1.807, 2.05) is 106 Å². The Bertz CT molecular complexity index is 5600. The molecule has 0 radical (unpaired) electrons. The molecule has 4 saturated heterocycles. The van der Waals surface area contributed by atoms with Gasteiger partial charge in [-0.3, -0.25) is 43.5 Å². The van der Waals surface area contributed by atoms with Crippen LogP contribution < -0.4 is 63.8 Å². The number of β-amino-alcohol motifs (C(OH)–C–C–N with tert-alkyl or cyclic N) is 3. The largest absolute Gasteiger partial charge is 0.396 e. The number of piperidine rings is 4. The van der Waals surface area contributed by atoms with Crippen LogP contribution in [0.2, 0.25) is 0 Å². The van der Waals surface area contributed by atoms with E-state index in [2.05, 4.69) is 127 Å². The lowest BCUT2D eigenvalue weighted by Crippen LogP contribution is -2.55. The molecule has 8 unspecified atom stereocenters. The fraction of sp³-hybridized carbons (Fsp3) is 0.525. The van der Waals surface area contributed by atoms with Crippen LogP contribution in [0.1, 0.15) is 133 Å². The summed E-state index contributed by atoms with van der Waals surface area (Å²) in [5.41, 5.74) is 30.6. The zero-order valence-corrected chi connectivity index (χ0v) is 78.7. The van der Waals surface area contributed by atoms with Crippen molar-refractivity contribution < 1.29 is 70.1 Å². The first-order chi connectivity index (χ1) is 67.3. The minimum atomic E-state index is -2.32. The summed E-state index contributed by atoms with van der Waals surface area (Å²) in [6, 6.07) is 32.2. The van der Waals surface area contributed by atoms with E-state index in [1.165, 1.54) is 46.9 Å². The number of hydrogen-bond donors (Lipinski definition) is 14. The molecule has 4 saturated carbocycles. The highest BCUT2D eigenvalue weighted by Crippen LogP contribution is 2.41. The number of anilines is 8. The maximum atomic E-state index is 15.6. The number of carbonyl (C=O) groups is 4. The number of nitrogens with zero attached hydrogens (tertiary/aromatic N) is 18. The second-order valence-electron chi connectivity index (χ2n) is 37.8. The maximum absolute atomic E-state index is 15.6. The van der Waals surface area contributed by atoms with Crippen molar-refractivity contribution >= 4 is 70.2 Å². The lowest BCUT2D eigenvalue weighted by molar-refractivity contribution is -0.127. The van der Waals surface area contributed by atoms with Gasteiger partial charge in [-0.2, -0.15) is 22.7 Å². The summed E-state index contributed by atoms with van der Waals surface area (Å²) in [6.45, 7) is 9.55. The molecule has 5 aromatic heterocycles. The van der Waals surface area contributed by atoms with Crippen molar-refractivity contribution in [1.29, 1.82) is 0 Å². The molecule has 750 valence electrons. The number of aliphatic hydroxyl groups is 6. The quantitative estimate of drug-likeness (QED) is 0.0181. The molecule has 17 rings (SSSR count). The van der Waals surface area contributed by atoms with Gasteiger partial charge in [-0.15, -0.1) is 0 Å². The van der Waals surface area contributed by atoms with Crippen LogP contribution in [0.5, 0.6) is 0 Å². The summed E-state index contributed by atoms with van der Waals surface area (Å²) in [7, 11) is 1.89. The molecule has 8 fully saturated rings. The SMILES string of the molecule is C.Cc1ccc(CN(c2ncnc(NCC3(CO)CCN(C(CO)C(N)=O)CC3)c2F)C2CC2)cc1.Cc1ccc(CN(c2ncnc(NCC3CCN(C(CO)C(N)=O)CC3O)c2F)C2CC2)cc1.Cn1cc(-c2ccc(CN(c3ncnc(NCC4CCN(CC(N)=O)CC4O)c3F)C3CC3)cc2)cn1.[2H]C([2H])(C(N)=O)N1CCC(CNc2ncnc(N(Cc3ccc(C)cc3)C3CC3)c2F)C(O)C1. The normalized spacial score (nSPS) is 20.6. The molecule has 9 aromatic rings. The van der Waals surface area contributed by atoms with E-state index < -0.39 is 89.2 Å². The van der Waals surface area contributed by atoms with Gasteiger partial charge in [0.25, 0.3) is 0 Å². The van der Waals surface area contributed by atoms with E-state index in [0.717, 1.165) is 84.7 Å². The maximum Gasteiger partial charge on any atom is 0.237 e. The molecule has 0 bridgehead atoms. The molecule has 4 aliphatic heterocycles. The molecule has 40 heteroatoms. The lowest BCUT2D eigenvalue weighted by Gasteiger charge is -2.42. The second-order valence-corrected chi connectivity index (χ2v) is 37.8. The monoisotopic (exact) mass is 1930 g/mol. The van der Waals surface area contributed by atoms with Gasteiger partial charge in [0.1, 0.15) is 37.4 Å². The Kier molecular flexibility index (Phi) is 35.6. The third-order valence-corrected chi connectivity index (χ3v) is 27.1. The Labute approximate surface area is 811 Å². The number of aryl methyl sites for hydroxylation is 4. The van der Waals surface area contributed by atoms with Crippen molar-refractivity contribution in [2.24, 2.45) is 53.2 Å². The number of amides is 4. The molecular formula is C99H136F4N26O10. The van der Waals surface area contributed by atoms with Crippen LogP contribution in [0.4, 0.5) is 64.1 Å². The van der Waals surface area contributed by atoms with E-state index in [4.69, 9.17) is 25.7 Å². The molecule has 4 aliphatic carbocycles. The number of benzene rings is 4. The van der Waals surface area contributed by atoms with Crippen LogP contribution in [0.15, 0.2) is 135 Å². The molecule has 9 heterocycles. The number of likely N-dealkylation sites (tertiary alicyclic amines) is 4. The van der Waals surface area contributed by atoms with Crippen molar-refractivity contribution in [3.63, 3.8) is 0 Å². The molecule has 0 spiro atoms. The minimum absolute atomic E-state index is 0. The standard InChI is InChI=1S/C26H33FN8O2.C25H35FN6O3.C24H33FN6O3.C23H31FN6O2.CH4/c1-33-13-20(11-32-33)18-4-2-17(3-5-18)12-35(21-6-7-21)26-24(27)25(30-16-31-26)29-10-19-8-9-34(14-22(19)36)15-23(28)37;1-17-2-4-18(5-3-17)12-32(19-6-7-19)24-21(26)23(29-16-30-24)28-14-25(15-34)8-10-31(11-9-25)20(13-33)22(27)35;1-15-2-4-16(5-3-15)11-31(18-6-7-18)24-21(25)23(28-14-29-24)27-10-17-8-9-30(12-20(17)33)19(13-32)22(26)34;1-15-2-4-16(5-3-15)11-30(18-6-7-18)23-21(24)22(27-14-28-23)26-10-17-8-9-29(12-19(17)31)13-20(25)32;/h2-5,11,13,16,19,21-22,36H,6-10,12,14-15H2,1H3,(H2,28,37)(H,29,30,31);2-5,16,19-20,33-34H,6-15H2,1H3,(H2,27,35)(H,28,29,30);2-5,14,17-20,32-33H,6-13H2,1H3,(H2,26,34)(H,27,28,29);2-5,14,17-19,31H,6-13H2,1H3,(H2,25,32)(H,26,27,28);1H4/i;;;13D2;. The van der Waals surface area contributed by atoms with E-state index in [-0.39, 0.29) is 148 Å². The van der Waals surface area contributed by atoms with Gasteiger partial charge in [-0.05, 0) is 165 Å². The number of primary amides is 4. The number of aliphatic hydroxyl groups excluding tert-OH is 6. The first-order valence-electron chi connectivity index (χ1n) is 48.5. The van der Waals surface area contributed by atoms with Crippen LogP contribution in [-0.2, 0) is 52.4 Å². The van der Waals surface area contributed by atoms with Crippen molar-refractivity contribution in [2.45, 2.75) is 192 Å². The van der Waals surface area contributed by atoms with E-state index >= 15 is 17.6 Å². The highest BCUT2D eigenvalue weighted by atomic mass is 19.1. The average molecular weight is 1930 g/mol. The highest BCUT2D eigenvalue weighted by molar-refractivity contribution is 5.80. The molecule has 4 amide bonds. The van der Waals surface area contributed by atoms with Gasteiger partial charge in [0.05, 0.1) is 60.1 Å². The second kappa shape index (κ2) is 48.7. The first-order valence-corrected chi connectivity index (χ1v) is 47.5. The van der Waals surface area contributed by atoms with Gasteiger partial charge in [0, 0.05) is 138 Å². The molecule has 36 nitrogen and oxygen atoms in total. The number of nitrogens with one attached hydrogen (secondary N) is 4. The zero-order valence-electron chi connectivity index (χ0n) is 80.7. The predicted octanol–water partition coefficient (Wildman–Crippen LogP) is 6.53. The van der Waals surface area contributed by atoms with Crippen molar-refractivity contribution in [3.8, 4) is 11.1 Å². The number of hydrogen-bond acceptors (Lipinski definition) is 31. The number of aromatic nitrogens is 10. The highest BCUT2D eigenvalue weighted by Gasteiger charge is 2.42. The Hall–Kier alpha value is -12.0. The van der Waals surface area contributed by atoms with Crippen molar-refractivity contribution in [1.82, 2.24) is 69.3 Å².